The number of carboxylic acid groups (broad SMARTS) is 1. The van der Waals surface area contributed by atoms with E-state index in [1.807, 2.05) is 20.8 Å². The van der Waals surface area contributed by atoms with Crippen LogP contribution in [0.5, 0.6) is 0 Å². The van der Waals surface area contributed by atoms with Crippen molar-refractivity contribution in [2.75, 3.05) is 5.75 Å². The molecular weight excluding hydrogens is 238 g/mol. The molecule has 1 heterocycles. The Labute approximate surface area is 107 Å². The minimum absolute atomic E-state index is 0.131. The molecule has 0 aliphatic carbocycles. The first kappa shape index (κ1) is 14.4. The van der Waals surface area contributed by atoms with Crippen LogP contribution >= 0.6 is 11.8 Å². The zero-order valence-electron chi connectivity index (χ0n) is 10.7. The molecule has 17 heavy (non-hydrogen) atoms. The zero-order chi connectivity index (χ0) is 13.1. The van der Waals surface area contributed by atoms with E-state index < -0.39 is 16.8 Å². The normalized spacial score (nSPS) is 25.9. The van der Waals surface area contributed by atoms with Crippen LogP contribution in [0.1, 0.15) is 40.0 Å². The lowest BCUT2D eigenvalue weighted by Crippen LogP contribution is -2.49. The van der Waals surface area contributed by atoms with Crippen LogP contribution in [-0.4, -0.2) is 33.5 Å². The van der Waals surface area contributed by atoms with Gasteiger partial charge in [0.2, 0.25) is 5.91 Å². The van der Waals surface area contributed by atoms with Gasteiger partial charge in [-0.2, -0.15) is 0 Å². The Hall–Kier alpha value is -0.710. The van der Waals surface area contributed by atoms with Crippen LogP contribution in [0, 0.1) is 5.92 Å². The molecule has 1 saturated heterocycles. The minimum atomic E-state index is -0.946. The largest absolute Gasteiger partial charge is 0.480 e. The first-order valence-electron chi connectivity index (χ1n) is 6.03. The Morgan fingerprint density at radius 2 is 2.12 bits per heavy atom. The number of hydrogen-bond acceptors (Lipinski definition) is 3. The van der Waals surface area contributed by atoms with Gasteiger partial charge >= 0.3 is 5.97 Å². The molecule has 1 aliphatic heterocycles. The summed E-state index contributed by atoms with van der Waals surface area (Å²) in [6.45, 7) is 5.80. The standard InChI is InChI=1S/C12H21NO3S/c1-8(2)7-9(10(14)15)13-11(16)12(3)5-4-6-17-12/h8-9H,4-7H2,1-3H3,(H,13,16)(H,14,15). The average molecular weight is 259 g/mol. The number of amides is 1. The Morgan fingerprint density at radius 3 is 2.53 bits per heavy atom. The van der Waals surface area contributed by atoms with Crippen molar-refractivity contribution in [3.63, 3.8) is 0 Å². The van der Waals surface area contributed by atoms with E-state index in [4.69, 9.17) is 5.11 Å². The molecule has 0 saturated carbocycles. The lowest BCUT2D eigenvalue weighted by molar-refractivity contribution is -0.142. The summed E-state index contributed by atoms with van der Waals surface area (Å²) in [5, 5.41) is 11.7. The molecule has 98 valence electrons. The predicted octanol–water partition coefficient (Wildman–Crippen LogP) is 1.89. The topological polar surface area (TPSA) is 66.4 Å². The third-order valence-corrected chi connectivity index (χ3v) is 4.53. The van der Waals surface area contributed by atoms with Crippen molar-refractivity contribution < 1.29 is 14.7 Å². The van der Waals surface area contributed by atoms with Gasteiger partial charge in [-0.1, -0.05) is 13.8 Å². The van der Waals surface area contributed by atoms with Crippen LogP contribution in [0.15, 0.2) is 0 Å². The number of rotatable bonds is 5. The highest BCUT2D eigenvalue weighted by Crippen LogP contribution is 2.37. The average Bonchev–Trinajstić information content (AvgIpc) is 2.64. The van der Waals surface area contributed by atoms with Crippen LogP contribution in [0.4, 0.5) is 0 Å². The summed E-state index contributed by atoms with van der Waals surface area (Å²) in [5.74, 6) is 0.151. The van der Waals surface area contributed by atoms with Crippen molar-refractivity contribution in [1.82, 2.24) is 5.32 Å². The second-order valence-electron chi connectivity index (χ2n) is 5.18. The van der Waals surface area contributed by atoms with Gasteiger partial charge in [0.15, 0.2) is 0 Å². The van der Waals surface area contributed by atoms with Crippen LogP contribution < -0.4 is 5.32 Å². The Morgan fingerprint density at radius 1 is 1.47 bits per heavy atom. The van der Waals surface area contributed by atoms with E-state index in [0.717, 1.165) is 18.6 Å². The Balaban J connectivity index is 2.60. The number of carbonyl (C=O) groups excluding carboxylic acids is 1. The molecule has 1 rings (SSSR count). The number of aliphatic carboxylic acids is 1. The van der Waals surface area contributed by atoms with Crippen molar-refractivity contribution in [2.24, 2.45) is 5.92 Å². The molecule has 2 unspecified atom stereocenters. The quantitative estimate of drug-likeness (QED) is 0.791. The SMILES string of the molecule is CC(C)CC(NC(=O)C1(C)CCCS1)C(=O)O. The van der Waals surface area contributed by atoms with Crippen molar-refractivity contribution >= 4 is 23.6 Å². The van der Waals surface area contributed by atoms with Gasteiger partial charge < -0.3 is 10.4 Å². The third kappa shape index (κ3) is 3.91. The monoisotopic (exact) mass is 259 g/mol. The summed E-state index contributed by atoms with van der Waals surface area (Å²) in [7, 11) is 0. The molecule has 0 bridgehead atoms. The molecule has 5 heteroatoms. The van der Waals surface area contributed by atoms with Crippen molar-refractivity contribution in [3.05, 3.63) is 0 Å². The number of hydrogen-bond donors (Lipinski definition) is 2. The molecule has 2 atom stereocenters. The van der Waals surface area contributed by atoms with Gasteiger partial charge in [-0.15, -0.1) is 11.8 Å². The fourth-order valence-corrected chi connectivity index (χ4v) is 3.18. The maximum Gasteiger partial charge on any atom is 0.326 e. The highest BCUT2D eigenvalue weighted by molar-refractivity contribution is 8.01. The lowest BCUT2D eigenvalue weighted by atomic mass is 10.0. The van der Waals surface area contributed by atoms with Gasteiger partial charge in [0, 0.05) is 0 Å². The van der Waals surface area contributed by atoms with Crippen molar-refractivity contribution in [1.29, 1.82) is 0 Å². The summed E-state index contributed by atoms with van der Waals surface area (Å²) in [6.07, 6.45) is 2.33. The fourth-order valence-electron chi connectivity index (χ4n) is 1.96. The van der Waals surface area contributed by atoms with E-state index >= 15 is 0 Å². The Kier molecular flexibility index (Phi) is 4.86. The maximum absolute atomic E-state index is 12.1. The first-order valence-corrected chi connectivity index (χ1v) is 7.01. The number of carbonyl (C=O) groups is 2. The van der Waals surface area contributed by atoms with Gasteiger partial charge in [-0.25, -0.2) is 4.79 Å². The summed E-state index contributed by atoms with van der Waals surface area (Å²) >= 11 is 1.62. The number of carboxylic acids is 1. The zero-order valence-corrected chi connectivity index (χ0v) is 11.5. The second kappa shape index (κ2) is 5.76. The molecule has 0 radical (unpaired) electrons. The summed E-state index contributed by atoms with van der Waals surface area (Å²) in [6, 6.07) is -0.763. The molecule has 0 spiro atoms. The van der Waals surface area contributed by atoms with E-state index in [1.54, 1.807) is 11.8 Å². The molecular formula is C12H21NO3S. The number of nitrogens with one attached hydrogen (secondary N) is 1. The first-order chi connectivity index (χ1) is 7.85. The van der Waals surface area contributed by atoms with Crippen molar-refractivity contribution in [3.8, 4) is 0 Å². The summed E-state index contributed by atoms with van der Waals surface area (Å²) < 4.78 is -0.440. The maximum atomic E-state index is 12.1. The van der Waals surface area contributed by atoms with E-state index in [2.05, 4.69) is 5.32 Å². The van der Waals surface area contributed by atoms with E-state index in [-0.39, 0.29) is 11.8 Å². The third-order valence-electron chi connectivity index (χ3n) is 3.01. The van der Waals surface area contributed by atoms with E-state index in [0.29, 0.717) is 6.42 Å². The van der Waals surface area contributed by atoms with Crippen LogP contribution in [0.3, 0.4) is 0 Å². The predicted molar refractivity (Wildman–Crippen MR) is 69.1 cm³/mol. The van der Waals surface area contributed by atoms with Crippen LogP contribution in [0.25, 0.3) is 0 Å². The summed E-state index contributed by atoms with van der Waals surface area (Å²) in [5.41, 5.74) is 0. The molecule has 0 aromatic rings. The van der Waals surface area contributed by atoms with E-state index in [9.17, 15) is 9.59 Å². The Bertz CT molecular complexity index is 298. The molecule has 1 fully saturated rings. The van der Waals surface area contributed by atoms with Crippen molar-refractivity contribution in [2.45, 2.75) is 50.8 Å². The van der Waals surface area contributed by atoms with Gasteiger partial charge in [0.1, 0.15) is 6.04 Å². The van der Waals surface area contributed by atoms with Crippen LogP contribution in [-0.2, 0) is 9.59 Å². The van der Waals surface area contributed by atoms with Gasteiger partial charge in [0.05, 0.1) is 4.75 Å². The van der Waals surface area contributed by atoms with E-state index in [1.165, 1.54) is 0 Å². The molecule has 1 aliphatic rings. The summed E-state index contributed by atoms with van der Waals surface area (Å²) in [4.78, 5) is 23.1. The molecule has 0 aromatic heterocycles. The van der Waals surface area contributed by atoms with Gasteiger partial charge in [-0.3, -0.25) is 4.79 Å². The minimum Gasteiger partial charge on any atom is -0.480 e. The lowest BCUT2D eigenvalue weighted by Gasteiger charge is -2.25. The smallest absolute Gasteiger partial charge is 0.326 e. The van der Waals surface area contributed by atoms with Gasteiger partial charge in [0.25, 0.3) is 0 Å². The van der Waals surface area contributed by atoms with Crippen LogP contribution in [0.2, 0.25) is 0 Å². The molecule has 0 aromatic carbocycles. The fraction of sp³-hybridized carbons (Fsp3) is 0.833. The molecule has 2 N–H and O–H groups in total. The second-order valence-corrected chi connectivity index (χ2v) is 6.77. The number of thioether (sulfide) groups is 1. The highest BCUT2D eigenvalue weighted by atomic mass is 32.2. The molecule has 4 nitrogen and oxygen atoms in total. The molecule has 1 amide bonds. The highest BCUT2D eigenvalue weighted by Gasteiger charge is 2.38. The van der Waals surface area contributed by atoms with Gasteiger partial charge in [-0.05, 0) is 37.9 Å².